The molecule has 2 aliphatic rings. The number of carbonyl (C=O) groups excluding carboxylic acids is 7. The topological polar surface area (TPSA) is 183 Å². The molecular weight excluding hydrogens is 692 g/mol. The summed E-state index contributed by atoms with van der Waals surface area (Å²) in [5, 5.41) is 10.7. The number of rotatable bonds is 15. The third kappa shape index (κ3) is 12.8. The fourth-order valence-electron chi connectivity index (χ4n) is 6.59. The van der Waals surface area contributed by atoms with Gasteiger partial charge < -0.3 is 35.8 Å². The van der Waals surface area contributed by atoms with E-state index in [1.165, 1.54) is 9.80 Å². The maximum atomic E-state index is 14.2. The van der Waals surface area contributed by atoms with Crippen LogP contribution in [0, 0.1) is 23.2 Å². The van der Waals surface area contributed by atoms with Gasteiger partial charge in [-0.2, -0.15) is 0 Å². The fourth-order valence-corrected chi connectivity index (χ4v) is 6.59. The lowest BCUT2D eigenvalue weighted by Gasteiger charge is -2.36. The Hall–Kier alpha value is -4.49. The smallest absolute Gasteiger partial charge is 0.408 e. The number of carbonyl (C=O) groups is 7. The molecule has 0 radical (unpaired) electrons. The van der Waals surface area contributed by atoms with Crippen molar-refractivity contribution in [3.63, 3.8) is 0 Å². The average molecular weight is 755 g/mol. The Kier molecular flexibility index (Phi) is 15.2. The zero-order chi connectivity index (χ0) is 40.5. The maximum Gasteiger partial charge on any atom is 0.408 e. The van der Waals surface area contributed by atoms with Crippen molar-refractivity contribution in [3.05, 3.63) is 35.9 Å². The average Bonchev–Trinajstić information content (AvgIpc) is 3.51. The molecule has 14 heteroatoms. The van der Waals surface area contributed by atoms with Crippen molar-refractivity contribution < 1.29 is 38.3 Å². The molecule has 1 saturated carbocycles. The number of ether oxygens (including phenoxy) is 1. The van der Waals surface area contributed by atoms with Gasteiger partial charge in [0.2, 0.25) is 29.4 Å². The zero-order valence-electron chi connectivity index (χ0n) is 33.7. The predicted octanol–water partition coefficient (Wildman–Crippen LogP) is 3.50. The van der Waals surface area contributed by atoms with Gasteiger partial charge in [-0.25, -0.2) is 4.79 Å². The van der Waals surface area contributed by atoms with Gasteiger partial charge in [0.05, 0.1) is 25.0 Å². The van der Waals surface area contributed by atoms with Crippen molar-refractivity contribution in [2.75, 3.05) is 27.2 Å². The Bertz CT molecular complexity index is 1510. The van der Waals surface area contributed by atoms with Gasteiger partial charge in [0.25, 0.3) is 5.91 Å². The Morgan fingerprint density at radius 3 is 2.06 bits per heavy atom. The third-order valence-electron chi connectivity index (χ3n) is 10.1. The molecule has 4 N–H and O–H groups in total. The van der Waals surface area contributed by atoms with Crippen molar-refractivity contribution in [1.82, 2.24) is 31.1 Å². The number of hydrogen-bond acceptors (Lipinski definition) is 8. The summed E-state index contributed by atoms with van der Waals surface area (Å²) >= 11 is 0. The lowest BCUT2D eigenvalue weighted by molar-refractivity contribution is -0.144. The van der Waals surface area contributed by atoms with E-state index in [2.05, 4.69) is 21.3 Å². The van der Waals surface area contributed by atoms with Crippen molar-refractivity contribution in [3.8, 4) is 0 Å². The molecule has 0 bridgehead atoms. The van der Waals surface area contributed by atoms with Crippen molar-refractivity contribution in [2.24, 2.45) is 23.2 Å². The summed E-state index contributed by atoms with van der Waals surface area (Å²) in [5.41, 5.74) is -0.815. The minimum absolute atomic E-state index is 0.00293. The van der Waals surface area contributed by atoms with Gasteiger partial charge in [-0.3, -0.25) is 28.8 Å². The Labute approximate surface area is 320 Å². The highest BCUT2D eigenvalue weighted by molar-refractivity contribution is 6.38. The van der Waals surface area contributed by atoms with Gasteiger partial charge in [0.15, 0.2) is 0 Å². The number of ketones is 1. The van der Waals surface area contributed by atoms with Gasteiger partial charge in [-0.1, -0.05) is 84.2 Å². The molecule has 1 heterocycles. The number of benzene rings is 1. The van der Waals surface area contributed by atoms with Crippen LogP contribution in [0.1, 0.15) is 106 Å². The summed E-state index contributed by atoms with van der Waals surface area (Å²) in [7, 11) is 3.24. The summed E-state index contributed by atoms with van der Waals surface area (Å²) in [5.74, 6) is -3.47. The molecule has 0 aromatic heterocycles. The van der Waals surface area contributed by atoms with Crippen molar-refractivity contribution in [1.29, 1.82) is 0 Å². The normalized spacial score (nSPS) is 19.1. The van der Waals surface area contributed by atoms with Crippen LogP contribution in [-0.4, -0.2) is 102 Å². The molecule has 2 fully saturated rings. The number of Topliss-reactive ketones (excluding diaryl/α,β-unsaturated/α-hetero) is 1. The number of alkyl carbamates (subject to hydrolysis) is 1. The first-order chi connectivity index (χ1) is 25.1. The second kappa shape index (κ2) is 18.7. The van der Waals surface area contributed by atoms with E-state index in [0.29, 0.717) is 12.0 Å². The molecule has 1 aromatic carbocycles. The molecule has 14 nitrogen and oxygen atoms in total. The van der Waals surface area contributed by atoms with E-state index in [1.807, 2.05) is 40.7 Å². The van der Waals surface area contributed by atoms with E-state index in [9.17, 15) is 33.6 Å². The highest BCUT2D eigenvalue weighted by Crippen LogP contribution is 2.34. The van der Waals surface area contributed by atoms with Gasteiger partial charge in [0, 0.05) is 20.6 Å². The quantitative estimate of drug-likeness (QED) is 0.196. The summed E-state index contributed by atoms with van der Waals surface area (Å²) < 4.78 is 5.45. The highest BCUT2D eigenvalue weighted by Gasteiger charge is 2.46. The van der Waals surface area contributed by atoms with Gasteiger partial charge in [-0.05, 0) is 62.3 Å². The van der Waals surface area contributed by atoms with Crippen molar-refractivity contribution >= 4 is 41.4 Å². The minimum atomic E-state index is -1.17. The molecule has 1 aliphatic carbocycles. The van der Waals surface area contributed by atoms with Gasteiger partial charge in [0.1, 0.15) is 17.7 Å². The molecule has 1 aromatic rings. The Morgan fingerprint density at radius 1 is 0.907 bits per heavy atom. The second-order valence-corrected chi connectivity index (χ2v) is 17.4. The molecular formula is C40H62N6O8. The molecule has 3 rings (SSSR count). The van der Waals surface area contributed by atoms with E-state index in [1.54, 1.807) is 59.1 Å². The SMILES string of the molecule is CC(C)[C@@H]1C[C@@H](C(=O)N[C@@H](CC2CCC2)C(=O)C(=O)NCC(=O)N[C@H](CC(=O)N(C)C)c2ccccc2)N(C(=O)[C@@H](NC(=O)OC(C)(C)C)C(C)(C)C)C1. The monoisotopic (exact) mass is 754 g/mol. The molecule has 1 saturated heterocycles. The molecule has 54 heavy (non-hydrogen) atoms. The minimum Gasteiger partial charge on any atom is -0.444 e. The number of nitrogens with zero attached hydrogens (tertiary/aromatic N) is 2. The van der Waals surface area contributed by atoms with E-state index in [4.69, 9.17) is 4.74 Å². The summed E-state index contributed by atoms with van der Waals surface area (Å²) in [6, 6.07) is 5.18. The zero-order valence-corrected chi connectivity index (χ0v) is 33.7. The van der Waals surface area contributed by atoms with Crippen LogP contribution in [-0.2, 0) is 33.5 Å². The van der Waals surface area contributed by atoms with Crippen LogP contribution in [0.5, 0.6) is 0 Å². The standard InChI is InChI=1S/C40H62N6O8/c1-24(2)27-20-30(46(23-27)37(52)34(39(3,4)5)44-38(53)54-40(6,7)8)35(50)43-29(19-25-15-14-16-25)33(49)36(51)41-22-31(47)42-28(21-32(48)45(9)10)26-17-12-11-13-18-26/h11-13,17-18,24-25,27-30,34H,14-16,19-23H2,1-10H3,(H,41,51)(H,42,47)(H,43,50)(H,44,53)/t27-,28-,29+,30+,34-/m1/s1. The number of hydrogen-bond donors (Lipinski definition) is 4. The molecule has 0 spiro atoms. The van der Waals surface area contributed by atoms with E-state index >= 15 is 0 Å². The molecule has 6 amide bonds. The number of nitrogens with one attached hydrogen (secondary N) is 4. The predicted molar refractivity (Wildman–Crippen MR) is 204 cm³/mol. The van der Waals surface area contributed by atoms with E-state index in [-0.39, 0.29) is 43.0 Å². The number of amides is 6. The first-order valence-electron chi connectivity index (χ1n) is 19.0. The van der Waals surface area contributed by atoms with Crippen LogP contribution in [0.15, 0.2) is 30.3 Å². The first-order valence-corrected chi connectivity index (χ1v) is 19.0. The van der Waals surface area contributed by atoms with Gasteiger partial charge in [-0.15, -0.1) is 0 Å². The summed E-state index contributed by atoms with van der Waals surface area (Å²) in [6.45, 7) is 14.4. The molecule has 300 valence electrons. The molecule has 5 atom stereocenters. The Morgan fingerprint density at radius 2 is 1.54 bits per heavy atom. The Balaban J connectivity index is 1.76. The van der Waals surface area contributed by atoms with Crippen LogP contribution in [0.4, 0.5) is 4.79 Å². The van der Waals surface area contributed by atoms with Crippen molar-refractivity contribution in [2.45, 2.75) is 124 Å². The summed E-state index contributed by atoms with van der Waals surface area (Å²) in [4.78, 5) is 96.5. The maximum absolute atomic E-state index is 14.2. The largest absolute Gasteiger partial charge is 0.444 e. The second-order valence-electron chi connectivity index (χ2n) is 17.4. The van der Waals surface area contributed by atoms with Crippen LogP contribution < -0.4 is 21.3 Å². The lowest BCUT2D eigenvalue weighted by Crippen LogP contribution is -2.59. The molecule has 0 unspecified atom stereocenters. The van der Waals surface area contributed by atoms with Gasteiger partial charge >= 0.3 is 6.09 Å². The van der Waals surface area contributed by atoms with E-state index < -0.39 is 77.2 Å². The van der Waals surface area contributed by atoms with Crippen LogP contribution in [0.25, 0.3) is 0 Å². The third-order valence-corrected chi connectivity index (χ3v) is 10.1. The highest BCUT2D eigenvalue weighted by atomic mass is 16.6. The van der Waals surface area contributed by atoms with Crippen LogP contribution in [0.3, 0.4) is 0 Å². The van der Waals surface area contributed by atoms with Crippen LogP contribution in [0.2, 0.25) is 0 Å². The number of likely N-dealkylation sites (tertiary alicyclic amines) is 1. The first kappa shape index (κ1) is 43.9. The van der Waals surface area contributed by atoms with Crippen LogP contribution >= 0.6 is 0 Å². The molecule has 1 aliphatic heterocycles. The lowest BCUT2D eigenvalue weighted by atomic mass is 9.80. The summed E-state index contributed by atoms with van der Waals surface area (Å²) in [6.07, 6.45) is 2.51. The fraction of sp³-hybridized carbons (Fsp3) is 0.675. The van der Waals surface area contributed by atoms with E-state index in [0.717, 1.165) is 19.3 Å².